The molecule has 0 saturated heterocycles. The van der Waals surface area contributed by atoms with Crippen LogP contribution in [0.3, 0.4) is 0 Å². The van der Waals surface area contributed by atoms with Gasteiger partial charge in [-0.05, 0) is 30.0 Å². The maximum absolute atomic E-state index is 9.63. The van der Waals surface area contributed by atoms with E-state index < -0.39 is 0 Å². The largest absolute Gasteiger partial charge is 0.494 e. The minimum atomic E-state index is -0.301. The Balaban J connectivity index is 2.07. The summed E-state index contributed by atoms with van der Waals surface area (Å²) < 4.78 is 11.2. The predicted molar refractivity (Wildman–Crippen MR) is 94.2 cm³/mol. The van der Waals surface area contributed by atoms with E-state index in [2.05, 4.69) is 37.0 Å². The lowest BCUT2D eigenvalue weighted by Crippen LogP contribution is -2.21. The molecular weight excluding hydrogens is 316 g/mol. The van der Waals surface area contributed by atoms with Crippen LogP contribution in [-0.4, -0.2) is 16.8 Å². The Bertz CT molecular complexity index is 828. The van der Waals surface area contributed by atoms with Gasteiger partial charge in [0.05, 0.1) is 18.1 Å². The summed E-state index contributed by atoms with van der Waals surface area (Å²) in [6, 6.07) is 9.97. The molecule has 6 heteroatoms. The number of H-pyrrole nitrogens is 1. The van der Waals surface area contributed by atoms with Crippen molar-refractivity contribution in [1.82, 2.24) is 10.2 Å². The van der Waals surface area contributed by atoms with E-state index in [0.29, 0.717) is 18.1 Å². The van der Waals surface area contributed by atoms with Crippen molar-refractivity contribution in [3.05, 3.63) is 52.5 Å². The number of aromatic nitrogens is 2. The van der Waals surface area contributed by atoms with E-state index in [-0.39, 0.29) is 17.7 Å². The molecule has 0 fully saturated rings. The molecule has 0 bridgehead atoms. The Morgan fingerprint density at radius 1 is 1.36 bits per heavy atom. The van der Waals surface area contributed by atoms with Gasteiger partial charge in [-0.1, -0.05) is 32.9 Å². The summed E-state index contributed by atoms with van der Waals surface area (Å²) in [6.07, 6.45) is 0.954. The van der Waals surface area contributed by atoms with E-state index in [9.17, 15) is 5.26 Å². The van der Waals surface area contributed by atoms with Gasteiger partial charge in [-0.2, -0.15) is 5.26 Å². The van der Waals surface area contributed by atoms with Crippen LogP contribution >= 0.6 is 0 Å². The van der Waals surface area contributed by atoms with Crippen LogP contribution in [0, 0.1) is 11.3 Å². The average Bonchev–Trinajstić information content (AvgIpc) is 3.02. The van der Waals surface area contributed by atoms with Gasteiger partial charge < -0.3 is 15.2 Å². The molecule has 25 heavy (non-hydrogen) atoms. The maximum atomic E-state index is 9.63. The first-order valence-electron chi connectivity index (χ1n) is 8.45. The Hall–Kier alpha value is -2.94. The number of rotatable bonds is 5. The third-order valence-electron chi connectivity index (χ3n) is 4.23. The molecule has 130 valence electrons. The lowest BCUT2D eigenvalue weighted by Gasteiger charge is -2.24. The fourth-order valence-electron chi connectivity index (χ4n) is 3.02. The van der Waals surface area contributed by atoms with E-state index >= 15 is 0 Å². The van der Waals surface area contributed by atoms with Crippen molar-refractivity contribution >= 4 is 0 Å². The van der Waals surface area contributed by atoms with Crippen LogP contribution in [0.4, 0.5) is 0 Å². The summed E-state index contributed by atoms with van der Waals surface area (Å²) in [5.74, 6) is 1.27. The first kappa shape index (κ1) is 16.9. The zero-order chi connectivity index (χ0) is 18.0. The molecule has 0 unspecified atom stereocenters. The molecule has 0 spiro atoms. The van der Waals surface area contributed by atoms with Gasteiger partial charge in [0.25, 0.3) is 0 Å². The highest BCUT2D eigenvalue weighted by Gasteiger charge is 2.35. The van der Waals surface area contributed by atoms with Gasteiger partial charge in [0.2, 0.25) is 11.8 Å². The quantitative estimate of drug-likeness (QED) is 0.869. The van der Waals surface area contributed by atoms with Crippen molar-refractivity contribution in [1.29, 1.82) is 5.26 Å². The minimum absolute atomic E-state index is 0.105. The zero-order valence-corrected chi connectivity index (χ0v) is 14.7. The first-order chi connectivity index (χ1) is 12.1. The smallest absolute Gasteiger partial charge is 0.244 e. The van der Waals surface area contributed by atoms with E-state index in [1.54, 1.807) is 0 Å². The normalized spacial score (nSPS) is 16.4. The van der Waals surface area contributed by atoms with Crippen LogP contribution < -0.4 is 15.2 Å². The second-order valence-corrected chi connectivity index (χ2v) is 6.35. The number of ether oxygens (including phenoxy) is 2. The summed E-state index contributed by atoms with van der Waals surface area (Å²) in [5, 5.41) is 16.9. The highest BCUT2D eigenvalue weighted by Crippen LogP contribution is 2.44. The van der Waals surface area contributed by atoms with Crippen molar-refractivity contribution in [2.24, 2.45) is 5.73 Å². The summed E-state index contributed by atoms with van der Waals surface area (Å²) in [4.78, 5) is 0. The number of fused-ring (bicyclic) bond motifs is 1. The number of hydrogen-bond acceptors (Lipinski definition) is 5. The second-order valence-electron chi connectivity index (χ2n) is 6.35. The Kier molecular flexibility index (Phi) is 4.66. The molecule has 0 aliphatic carbocycles. The lowest BCUT2D eigenvalue weighted by molar-refractivity contribution is 0.317. The molecule has 1 aromatic carbocycles. The molecule has 1 aliphatic rings. The standard InChI is InChI=1S/C19H22N4O2/c1-4-9-24-13-7-5-12(6-8-13)15-14(10-20)18(21)25-19-16(15)17(11(2)3)22-23-19/h5-8,11,15H,4,9,21H2,1-3H3,(H,22,23)/t15-/m1/s1. The van der Waals surface area contributed by atoms with Gasteiger partial charge in [-0.15, -0.1) is 5.10 Å². The molecule has 0 radical (unpaired) electrons. The molecule has 1 aromatic heterocycles. The van der Waals surface area contributed by atoms with Crippen molar-refractivity contribution < 1.29 is 9.47 Å². The fraction of sp³-hybridized carbons (Fsp3) is 0.368. The van der Waals surface area contributed by atoms with Gasteiger partial charge >= 0.3 is 0 Å². The number of hydrogen-bond donors (Lipinski definition) is 2. The van der Waals surface area contributed by atoms with Crippen LogP contribution in [0.25, 0.3) is 0 Å². The average molecular weight is 338 g/mol. The molecule has 0 saturated carbocycles. The van der Waals surface area contributed by atoms with Crippen LogP contribution in [0.15, 0.2) is 35.7 Å². The molecule has 2 aromatic rings. The Morgan fingerprint density at radius 3 is 2.68 bits per heavy atom. The topological polar surface area (TPSA) is 96.9 Å². The van der Waals surface area contributed by atoms with E-state index in [1.807, 2.05) is 24.3 Å². The third kappa shape index (κ3) is 3.05. The summed E-state index contributed by atoms with van der Waals surface area (Å²) >= 11 is 0. The first-order valence-corrected chi connectivity index (χ1v) is 8.45. The fourth-order valence-corrected chi connectivity index (χ4v) is 3.02. The Morgan fingerprint density at radius 2 is 2.08 bits per heavy atom. The number of allylic oxidation sites excluding steroid dienone is 1. The predicted octanol–water partition coefficient (Wildman–Crippen LogP) is 3.54. The van der Waals surface area contributed by atoms with Crippen molar-refractivity contribution in [3.63, 3.8) is 0 Å². The zero-order valence-electron chi connectivity index (χ0n) is 14.7. The van der Waals surface area contributed by atoms with Gasteiger partial charge in [0.15, 0.2) is 0 Å². The summed E-state index contributed by atoms with van der Waals surface area (Å²) in [5.41, 5.74) is 9.15. The number of nitriles is 1. The third-order valence-corrected chi connectivity index (χ3v) is 4.23. The monoisotopic (exact) mass is 338 g/mol. The van der Waals surface area contributed by atoms with E-state index in [0.717, 1.165) is 29.0 Å². The van der Waals surface area contributed by atoms with Gasteiger partial charge in [0.1, 0.15) is 17.4 Å². The maximum Gasteiger partial charge on any atom is 0.244 e. The molecule has 1 aliphatic heterocycles. The van der Waals surface area contributed by atoms with Gasteiger partial charge in [-0.3, -0.25) is 5.10 Å². The van der Waals surface area contributed by atoms with Gasteiger partial charge in [0, 0.05) is 5.69 Å². The highest BCUT2D eigenvalue weighted by atomic mass is 16.5. The molecular formula is C19H22N4O2. The number of nitrogens with two attached hydrogens (primary N) is 1. The number of benzene rings is 1. The second kappa shape index (κ2) is 6.89. The lowest BCUT2D eigenvalue weighted by atomic mass is 9.82. The molecule has 3 rings (SSSR count). The van der Waals surface area contributed by atoms with Crippen molar-refractivity contribution in [2.45, 2.75) is 39.0 Å². The summed E-state index contributed by atoms with van der Waals surface area (Å²) in [6.45, 7) is 6.88. The number of nitrogens with zero attached hydrogens (tertiary/aromatic N) is 2. The SMILES string of the molecule is CCCOc1ccc([C@@H]2C(C#N)=C(N)Oc3n[nH]c(C(C)C)c32)cc1. The van der Waals surface area contributed by atoms with Gasteiger partial charge in [-0.25, -0.2) is 0 Å². The van der Waals surface area contributed by atoms with Crippen molar-refractivity contribution in [2.75, 3.05) is 6.61 Å². The molecule has 2 heterocycles. The minimum Gasteiger partial charge on any atom is -0.494 e. The van der Waals surface area contributed by atoms with Crippen molar-refractivity contribution in [3.8, 4) is 17.7 Å². The van der Waals surface area contributed by atoms with E-state index in [4.69, 9.17) is 15.2 Å². The van der Waals surface area contributed by atoms with Crippen LogP contribution in [0.2, 0.25) is 0 Å². The molecule has 3 N–H and O–H groups in total. The highest BCUT2D eigenvalue weighted by molar-refractivity contribution is 5.56. The summed E-state index contributed by atoms with van der Waals surface area (Å²) in [7, 11) is 0. The number of aromatic amines is 1. The Labute approximate surface area is 147 Å². The molecule has 0 amide bonds. The molecule has 6 nitrogen and oxygen atoms in total. The number of nitrogens with one attached hydrogen (secondary N) is 1. The van der Waals surface area contributed by atoms with Crippen LogP contribution in [0.1, 0.15) is 55.8 Å². The van der Waals surface area contributed by atoms with E-state index in [1.165, 1.54) is 0 Å². The molecule has 1 atom stereocenters. The van der Waals surface area contributed by atoms with Crippen LogP contribution in [-0.2, 0) is 0 Å². The van der Waals surface area contributed by atoms with Crippen LogP contribution in [0.5, 0.6) is 11.6 Å².